The van der Waals surface area contributed by atoms with Gasteiger partial charge in [-0.1, -0.05) is 6.08 Å². The monoisotopic (exact) mass is 300 g/mol. The first kappa shape index (κ1) is 15.4. The van der Waals surface area contributed by atoms with E-state index in [0.29, 0.717) is 0 Å². The van der Waals surface area contributed by atoms with E-state index in [9.17, 15) is 19.5 Å². The predicted octanol–water partition coefficient (Wildman–Crippen LogP) is -1.74. The number of aliphatic hydroxyl groups excluding tert-OH is 2. The van der Waals surface area contributed by atoms with Crippen LogP contribution in [0.1, 0.15) is 6.42 Å². The number of aliphatic carboxylic acids is 1. The molecule has 3 amide bonds. The second-order valence-electron chi connectivity index (χ2n) is 4.87. The summed E-state index contributed by atoms with van der Waals surface area (Å²) in [5.74, 6) is -2.60. The zero-order valence-electron chi connectivity index (χ0n) is 11.0. The number of ether oxygens (including phenoxy) is 1. The highest BCUT2D eigenvalue weighted by molar-refractivity contribution is 5.99. The summed E-state index contributed by atoms with van der Waals surface area (Å²) in [6.45, 7) is -0.432. The number of nitrogens with one attached hydrogen (secondary N) is 1. The number of nitrogens with zero attached hydrogens (tertiary/aromatic N) is 1. The number of carboxylic acid groups (broad SMARTS) is 1. The number of hydrogen-bond donors (Lipinski definition) is 4. The van der Waals surface area contributed by atoms with Crippen LogP contribution in [-0.2, 0) is 14.3 Å². The fraction of sp³-hybridized carbons (Fsp3) is 0.583. The maximum absolute atomic E-state index is 11.8. The minimum Gasteiger partial charge on any atom is -0.478 e. The van der Waals surface area contributed by atoms with Crippen LogP contribution in [0.3, 0.4) is 0 Å². The van der Waals surface area contributed by atoms with Gasteiger partial charge in [0.1, 0.15) is 12.3 Å². The van der Waals surface area contributed by atoms with Crippen molar-refractivity contribution in [3.05, 3.63) is 12.2 Å². The molecule has 2 heterocycles. The van der Waals surface area contributed by atoms with Gasteiger partial charge in [-0.3, -0.25) is 15.0 Å². The molecule has 9 nitrogen and oxygen atoms in total. The Kier molecular flexibility index (Phi) is 4.56. The first-order chi connectivity index (χ1) is 9.92. The molecule has 1 unspecified atom stereocenters. The molecule has 0 radical (unpaired) electrons. The summed E-state index contributed by atoms with van der Waals surface area (Å²) in [4.78, 5) is 35.1. The van der Waals surface area contributed by atoms with Crippen LogP contribution >= 0.6 is 0 Å². The Morgan fingerprint density at radius 2 is 2.19 bits per heavy atom. The van der Waals surface area contributed by atoms with E-state index in [4.69, 9.17) is 14.9 Å². The molecular formula is C12H16N2O7. The highest BCUT2D eigenvalue weighted by Gasteiger charge is 2.42. The molecule has 4 N–H and O–H groups in total. The Balaban J connectivity index is 2.07. The molecule has 0 bridgehead atoms. The quantitative estimate of drug-likeness (QED) is 0.452. The van der Waals surface area contributed by atoms with Gasteiger partial charge in [-0.25, -0.2) is 9.59 Å². The molecule has 0 aromatic heterocycles. The van der Waals surface area contributed by atoms with Crippen molar-refractivity contribution in [1.82, 2.24) is 10.2 Å². The number of carboxylic acids is 1. The molecule has 2 aliphatic heterocycles. The third-order valence-electron chi connectivity index (χ3n) is 3.42. The van der Waals surface area contributed by atoms with Gasteiger partial charge in [-0.15, -0.1) is 0 Å². The summed E-state index contributed by atoms with van der Waals surface area (Å²) in [7, 11) is 0. The summed E-state index contributed by atoms with van der Waals surface area (Å²) in [5.41, 5.74) is 0. The maximum atomic E-state index is 11.8. The van der Waals surface area contributed by atoms with E-state index in [1.54, 1.807) is 0 Å². The van der Waals surface area contributed by atoms with Gasteiger partial charge in [0.15, 0.2) is 0 Å². The Hall–Kier alpha value is -1.97. The molecule has 0 aromatic rings. The average molecular weight is 300 g/mol. The Labute approximate surface area is 119 Å². The topological polar surface area (TPSA) is 136 Å². The Morgan fingerprint density at radius 3 is 2.76 bits per heavy atom. The van der Waals surface area contributed by atoms with E-state index in [0.717, 1.165) is 6.08 Å². The molecule has 4 atom stereocenters. The van der Waals surface area contributed by atoms with Crippen molar-refractivity contribution in [3.63, 3.8) is 0 Å². The molecule has 2 fully saturated rings. The first-order valence-corrected chi connectivity index (χ1v) is 6.39. The summed E-state index contributed by atoms with van der Waals surface area (Å²) in [5, 5.41) is 29.4. The average Bonchev–Trinajstić information content (AvgIpc) is 2.78. The Morgan fingerprint density at radius 1 is 1.48 bits per heavy atom. The number of urea groups is 1. The normalized spacial score (nSPS) is 33.5. The number of rotatable bonds is 4. The van der Waals surface area contributed by atoms with Crippen molar-refractivity contribution in [3.8, 4) is 0 Å². The lowest BCUT2D eigenvalue weighted by atomic mass is 10.0. The zero-order valence-corrected chi connectivity index (χ0v) is 11.0. The van der Waals surface area contributed by atoms with Gasteiger partial charge in [0.05, 0.1) is 18.6 Å². The number of aliphatic hydroxyl groups is 2. The van der Waals surface area contributed by atoms with Crippen LogP contribution in [0.15, 0.2) is 12.2 Å². The van der Waals surface area contributed by atoms with Crippen molar-refractivity contribution in [2.75, 3.05) is 13.2 Å². The number of hydrogen-bond acceptors (Lipinski definition) is 6. The van der Waals surface area contributed by atoms with Gasteiger partial charge >= 0.3 is 12.0 Å². The van der Waals surface area contributed by atoms with Crippen molar-refractivity contribution in [2.45, 2.75) is 24.9 Å². The summed E-state index contributed by atoms with van der Waals surface area (Å²) in [6, 6.07) is -0.671. The molecule has 0 aromatic carbocycles. The predicted molar refractivity (Wildman–Crippen MR) is 66.9 cm³/mol. The lowest BCUT2D eigenvalue weighted by Crippen LogP contribution is -2.57. The standard InChI is InChI=1S/C12H16N2O7/c15-5-8-7(16)3-9(21-8)14-4-6(1-2-10(17)18)11(19)13-12(14)20/h1-2,6-9,15-16H,3-5H2,(H,17,18)(H,13,19,20)/b2-1+/t6?,7-,8+,9+/m0/s1. The third kappa shape index (κ3) is 3.38. The minimum absolute atomic E-state index is 0.0516. The smallest absolute Gasteiger partial charge is 0.328 e. The third-order valence-corrected chi connectivity index (χ3v) is 3.42. The van der Waals surface area contributed by atoms with Crippen molar-refractivity contribution in [1.29, 1.82) is 0 Å². The van der Waals surface area contributed by atoms with Crippen LogP contribution in [0.4, 0.5) is 4.79 Å². The molecule has 116 valence electrons. The number of carbonyl (C=O) groups excluding carboxylic acids is 2. The summed E-state index contributed by atoms with van der Waals surface area (Å²) < 4.78 is 5.36. The second kappa shape index (κ2) is 6.20. The summed E-state index contributed by atoms with van der Waals surface area (Å²) >= 11 is 0. The van der Waals surface area contributed by atoms with Crippen LogP contribution < -0.4 is 5.32 Å². The highest BCUT2D eigenvalue weighted by Crippen LogP contribution is 2.25. The van der Waals surface area contributed by atoms with Crippen molar-refractivity contribution in [2.24, 2.45) is 5.92 Å². The van der Waals surface area contributed by atoms with Gasteiger partial charge in [0.25, 0.3) is 0 Å². The summed E-state index contributed by atoms with van der Waals surface area (Å²) in [6.07, 6.45) is -0.328. The zero-order chi connectivity index (χ0) is 15.6. The van der Waals surface area contributed by atoms with E-state index < -0.39 is 42.3 Å². The number of imide groups is 1. The maximum Gasteiger partial charge on any atom is 0.328 e. The van der Waals surface area contributed by atoms with Gasteiger partial charge in [-0.2, -0.15) is 0 Å². The van der Waals surface area contributed by atoms with Crippen LogP contribution in [0.25, 0.3) is 0 Å². The highest BCUT2D eigenvalue weighted by atomic mass is 16.5. The lowest BCUT2D eigenvalue weighted by Gasteiger charge is -2.34. The molecule has 2 saturated heterocycles. The van der Waals surface area contributed by atoms with Gasteiger partial charge in [0, 0.05) is 19.0 Å². The van der Waals surface area contributed by atoms with E-state index >= 15 is 0 Å². The molecule has 2 aliphatic rings. The van der Waals surface area contributed by atoms with Crippen molar-refractivity contribution >= 4 is 17.9 Å². The largest absolute Gasteiger partial charge is 0.478 e. The number of carbonyl (C=O) groups is 3. The molecule has 0 spiro atoms. The molecular weight excluding hydrogens is 284 g/mol. The van der Waals surface area contributed by atoms with Crippen molar-refractivity contribution < 1.29 is 34.4 Å². The SMILES string of the molecule is O=C(O)/C=C/C1CN([C@H]2C[C@H](O)[C@@H](CO)O2)C(=O)NC1=O. The lowest BCUT2D eigenvalue weighted by molar-refractivity contribution is -0.131. The van der Waals surface area contributed by atoms with Crippen LogP contribution in [0.2, 0.25) is 0 Å². The van der Waals surface area contributed by atoms with Gasteiger partial charge < -0.3 is 20.1 Å². The van der Waals surface area contributed by atoms with E-state index in [1.165, 1.54) is 11.0 Å². The number of amides is 3. The van der Waals surface area contributed by atoms with Crippen LogP contribution in [0.5, 0.6) is 0 Å². The van der Waals surface area contributed by atoms with Crippen LogP contribution in [-0.4, -0.2) is 69.7 Å². The molecule has 2 rings (SSSR count). The molecule has 21 heavy (non-hydrogen) atoms. The van der Waals surface area contributed by atoms with E-state index in [-0.39, 0.29) is 19.6 Å². The molecule has 9 heteroatoms. The fourth-order valence-corrected chi connectivity index (χ4v) is 2.31. The van der Waals surface area contributed by atoms with E-state index in [1.807, 2.05) is 0 Å². The minimum atomic E-state index is -1.20. The molecule has 0 aliphatic carbocycles. The van der Waals surface area contributed by atoms with Crippen LogP contribution in [0, 0.1) is 5.92 Å². The van der Waals surface area contributed by atoms with E-state index in [2.05, 4.69) is 5.32 Å². The van der Waals surface area contributed by atoms with Gasteiger partial charge in [-0.05, 0) is 0 Å². The van der Waals surface area contributed by atoms with Gasteiger partial charge in [0.2, 0.25) is 5.91 Å². The first-order valence-electron chi connectivity index (χ1n) is 6.39. The second-order valence-corrected chi connectivity index (χ2v) is 4.87. The fourth-order valence-electron chi connectivity index (χ4n) is 2.31. The molecule has 0 saturated carbocycles. The Bertz CT molecular complexity index is 478.